The second kappa shape index (κ2) is 8.55. The van der Waals surface area contributed by atoms with Gasteiger partial charge in [0, 0.05) is 0 Å². The van der Waals surface area contributed by atoms with Crippen molar-refractivity contribution in [3.63, 3.8) is 0 Å². The van der Waals surface area contributed by atoms with Crippen LogP contribution in [0.2, 0.25) is 0 Å². The third-order valence-electron chi connectivity index (χ3n) is 2.19. The zero-order valence-corrected chi connectivity index (χ0v) is 8.78. The molecule has 0 bridgehead atoms. The van der Waals surface area contributed by atoms with Gasteiger partial charge in [-0.05, 0) is 44.6 Å². The minimum Gasteiger partial charge on any atom is -0.0885 e. The summed E-state index contributed by atoms with van der Waals surface area (Å²) in [5.74, 6) is 0. The summed E-state index contributed by atoms with van der Waals surface area (Å²) in [6, 6.07) is 0. The minimum atomic E-state index is 1.03. The smallest absolute Gasteiger partial charge is 0.0241 e. The Labute approximate surface area is 87.7 Å². The molecule has 0 aliphatic heterocycles. The summed E-state index contributed by atoms with van der Waals surface area (Å²) >= 11 is 0. The fourth-order valence-electron chi connectivity index (χ4n) is 1.37. The fourth-order valence-corrected chi connectivity index (χ4v) is 1.37. The summed E-state index contributed by atoms with van der Waals surface area (Å²) < 4.78 is 0. The van der Waals surface area contributed by atoms with Crippen molar-refractivity contribution in [2.75, 3.05) is 0 Å². The average molecular weight is 187 g/mol. The van der Waals surface area contributed by atoms with Crippen molar-refractivity contribution in [2.45, 2.75) is 38.5 Å². The van der Waals surface area contributed by atoms with Crippen molar-refractivity contribution in [2.24, 2.45) is 0 Å². The van der Waals surface area contributed by atoms with Crippen molar-refractivity contribution in [3.8, 4) is 0 Å². The van der Waals surface area contributed by atoms with Gasteiger partial charge in [0.15, 0.2) is 0 Å². The van der Waals surface area contributed by atoms with E-state index in [0.717, 1.165) is 12.8 Å². The van der Waals surface area contributed by atoms with E-state index in [1.54, 1.807) is 0 Å². The highest BCUT2D eigenvalue weighted by molar-refractivity contribution is 5.09. The Morgan fingerprint density at radius 1 is 0.714 bits per heavy atom. The number of hydrogen-bond acceptors (Lipinski definition) is 0. The van der Waals surface area contributed by atoms with Crippen LogP contribution in [0.4, 0.5) is 0 Å². The monoisotopic (exact) mass is 187 g/mol. The van der Waals surface area contributed by atoms with Gasteiger partial charge in [0.05, 0.1) is 0 Å². The lowest BCUT2D eigenvalue weighted by atomic mass is 10.1. The molecule has 75 valence electrons. The maximum atomic E-state index is 3.24. The molecule has 1 rings (SSSR count). The molecule has 0 nitrogen and oxygen atoms in total. The highest BCUT2D eigenvalue weighted by atomic mass is 13.9. The summed E-state index contributed by atoms with van der Waals surface area (Å²) in [7, 11) is 0. The molecule has 0 spiro atoms. The van der Waals surface area contributed by atoms with Crippen LogP contribution in [0.3, 0.4) is 0 Å². The Hall–Kier alpha value is -1.04. The highest BCUT2D eigenvalue weighted by Gasteiger charge is 1.83. The van der Waals surface area contributed by atoms with Gasteiger partial charge in [0.2, 0.25) is 0 Å². The van der Waals surface area contributed by atoms with Crippen LogP contribution < -0.4 is 0 Å². The van der Waals surface area contributed by atoms with E-state index in [1.165, 1.54) is 25.7 Å². The van der Waals surface area contributed by atoms with Crippen LogP contribution in [0.5, 0.6) is 0 Å². The van der Waals surface area contributed by atoms with Crippen molar-refractivity contribution in [1.29, 1.82) is 0 Å². The molecule has 1 aliphatic rings. The molecule has 0 atom stereocenters. The second-order valence-corrected chi connectivity index (χ2v) is 3.48. The van der Waals surface area contributed by atoms with Crippen LogP contribution in [0, 0.1) is 6.08 Å². The Morgan fingerprint density at radius 2 is 1.50 bits per heavy atom. The van der Waals surface area contributed by atoms with Crippen LogP contribution in [-0.2, 0) is 0 Å². The molecule has 14 heavy (non-hydrogen) atoms. The molecule has 0 N–H and O–H groups in total. The molecule has 0 aromatic heterocycles. The highest BCUT2D eigenvalue weighted by Crippen LogP contribution is 2.03. The second-order valence-electron chi connectivity index (χ2n) is 3.48. The van der Waals surface area contributed by atoms with Crippen LogP contribution in [0.1, 0.15) is 38.5 Å². The molecule has 0 saturated carbocycles. The molecular formula is C14H19. The molecular weight excluding hydrogens is 168 g/mol. The van der Waals surface area contributed by atoms with Crippen molar-refractivity contribution < 1.29 is 0 Å². The van der Waals surface area contributed by atoms with Crippen LogP contribution >= 0.6 is 0 Å². The summed E-state index contributed by atoms with van der Waals surface area (Å²) in [6.07, 6.45) is 25.5. The zero-order valence-electron chi connectivity index (χ0n) is 8.78. The first-order valence-corrected chi connectivity index (χ1v) is 5.53. The first-order valence-electron chi connectivity index (χ1n) is 5.53. The standard InChI is InChI=1S/C14H19/c1-2-4-6-8-10-12-14-13-11-9-7-5-3-1/h1-5,13-14H,6,8-12H2/b3-1-,4-2+,7-5?,14-13+. The number of allylic oxidation sites excluding steroid dienone is 8. The average Bonchev–Trinajstić information content (AvgIpc) is 2.22. The van der Waals surface area contributed by atoms with E-state index in [4.69, 9.17) is 0 Å². The quantitative estimate of drug-likeness (QED) is 0.494. The van der Waals surface area contributed by atoms with Gasteiger partial charge in [-0.15, -0.1) is 0 Å². The first-order chi connectivity index (χ1) is 7.00. The van der Waals surface area contributed by atoms with Gasteiger partial charge >= 0.3 is 0 Å². The topological polar surface area (TPSA) is 0 Å². The van der Waals surface area contributed by atoms with E-state index in [-0.39, 0.29) is 0 Å². The molecule has 0 aromatic rings. The van der Waals surface area contributed by atoms with Gasteiger partial charge in [-0.1, -0.05) is 42.5 Å². The fraction of sp³-hybridized carbons (Fsp3) is 0.429. The minimum absolute atomic E-state index is 1.03. The maximum absolute atomic E-state index is 3.24. The lowest BCUT2D eigenvalue weighted by Gasteiger charge is -1.93. The maximum Gasteiger partial charge on any atom is -0.0241 e. The van der Waals surface area contributed by atoms with E-state index >= 15 is 0 Å². The third-order valence-corrected chi connectivity index (χ3v) is 2.19. The number of hydrogen-bond donors (Lipinski definition) is 0. The molecule has 0 amide bonds. The van der Waals surface area contributed by atoms with E-state index in [0.29, 0.717) is 0 Å². The molecule has 1 radical (unpaired) electrons. The lowest BCUT2D eigenvalue weighted by molar-refractivity contribution is 0.760. The Bertz CT molecular complexity index is 228. The Morgan fingerprint density at radius 3 is 2.43 bits per heavy atom. The van der Waals surface area contributed by atoms with Crippen molar-refractivity contribution >= 4 is 0 Å². The van der Waals surface area contributed by atoms with E-state index < -0.39 is 0 Å². The molecule has 0 unspecified atom stereocenters. The molecule has 0 saturated heterocycles. The van der Waals surface area contributed by atoms with Gasteiger partial charge in [0.1, 0.15) is 0 Å². The summed E-state index contributed by atoms with van der Waals surface area (Å²) in [5, 5.41) is 0. The largest absolute Gasteiger partial charge is 0.0885 e. The summed E-state index contributed by atoms with van der Waals surface area (Å²) in [4.78, 5) is 0. The summed E-state index contributed by atoms with van der Waals surface area (Å²) in [5.41, 5.74) is 0. The molecule has 0 aromatic carbocycles. The predicted octanol–water partition coefficient (Wildman–Crippen LogP) is 4.37. The Balaban J connectivity index is 2.35. The molecule has 0 heterocycles. The van der Waals surface area contributed by atoms with Gasteiger partial charge < -0.3 is 0 Å². The Kier molecular flexibility index (Phi) is 6.74. The molecule has 1 aliphatic carbocycles. The van der Waals surface area contributed by atoms with Gasteiger partial charge in [-0.3, -0.25) is 0 Å². The number of rotatable bonds is 0. The lowest BCUT2D eigenvalue weighted by Crippen LogP contribution is -1.73. The van der Waals surface area contributed by atoms with E-state index in [2.05, 4.69) is 36.5 Å². The van der Waals surface area contributed by atoms with Crippen LogP contribution in [-0.4, -0.2) is 0 Å². The van der Waals surface area contributed by atoms with Gasteiger partial charge in [-0.25, -0.2) is 0 Å². The predicted molar refractivity (Wildman–Crippen MR) is 62.9 cm³/mol. The van der Waals surface area contributed by atoms with Crippen molar-refractivity contribution in [3.05, 3.63) is 48.6 Å². The van der Waals surface area contributed by atoms with Gasteiger partial charge in [-0.2, -0.15) is 0 Å². The van der Waals surface area contributed by atoms with E-state index in [9.17, 15) is 0 Å². The van der Waals surface area contributed by atoms with Crippen LogP contribution in [0.15, 0.2) is 42.5 Å². The van der Waals surface area contributed by atoms with Crippen molar-refractivity contribution in [1.82, 2.24) is 0 Å². The normalized spacial score (nSPS) is 28.6. The third kappa shape index (κ3) is 6.47. The summed E-state index contributed by atoms with van der Waals surface area (Å²) in [6.45, 7) is 0. The van der Waals surface area contributed by atoms with Gasteiger partial charge in [0.25, 0.3) is 0 Å². The first kappa shape index (κ1) is 11.0. The van der Waals surface area contributed by atoms with E-state index in [1.807, 2.05) is 12.2 Å². The molecule has 0 fully saturated rings. The zero-order chi connectivity index (χ0) is 9.90. The van der Waals surface area contributed by atoms with Crippen LogP contribution in [0.25, 0.3) is 0 Å². The SMILES string of the molecule is [C]1=C/C=C\C=C\CCCC/C=C/CC/1. The molecule has 0 heteroatoms.